The number of benzene rings is 1. The van der Waals surface area contributed by atoms with Gasteiger partial charge in [0.2, 0.25) is 0 Å². The van der Waals surface area contributed by atoms with Gasteiger partial charge in [0.15, 0.2) is 23.4 Å². The molecule has 9 nitrogen and oxygen atoms in total. The Morgan fingerprint density at radius 2 is 1.93 bits per heavy atom. The Labute approximate surface area is 161 Å². The fraction of sp³-hybridized carbons (Fsp3) is 0.474. The third kappa shape index (κ3) is 4.59. The Balaban J connectivity index is 1.50. The van der Waals surface area contributed by atoms with E-state index in [1.54, 1.807) is 18.2 Å². The van der Waals surface area contributed by atoms with Gasteiger partial charge in [0.1, 0.15) is 0 Å². The summed E-state index contributed by atoms with van der Waals surface area (Å²) in [6.07, 6.45) is -0.565. The van der Waals surface area contributed by atoms with Crippen molar-refractivity contribution in [2.75, 3.05) is 26.3 Å². The van der Waals surface area contributed by atoms with Crippen molar-refractivity contribution >= 4 is 23.7 Å². The molecule has 0 aromatic heterocycles. The monoisotopic (exact) mass is 390 g/mol. The summed E-state index contributed by atoms with van der Waals surface area (Å²) in [5.41, 5.74) is 0.412. The molecule has 150 valence electrons. The van der Waals surface area contributed by atoms with Crippen molar-refractivity contribution in [1.82, 2.24) is 10.2 Å². The molecule has 3 amide bonds. The maximum Gasteiger partial charge on any atom is 0.324 e. The molecule has 0 unspecified atom stereocenters. The number of rotatable bonds is 6. The highest BCUT2D eigenvalue weighted by molar-refractivity contribution is 5.99. The minimum atomic E-state index is -1.09. The van der Waals surface area contributed by atoms with Crippen molar-refractivity contribution in [2.24, 2.45) is 0 Å². The van der Waals surface area contributed by atoms with Crippen LogP contribution in [-0.4, -0.2) is 61.0 Å². The Kier molecular flexibility index (Phi) is 6.13. The second-order valence-electron chi connectivity index (χ2n) is 6.49. The molecule has 0 aliphatic carbocycles. The minimum Gasteiger partial charge on any atom is -0.490 e. The molecule has 1 saturated heterocycles. The van der Waals surface area contributed by atoms with Crippen molar-refractivity contribution in [3.63, 3.8) is 0 Å². The van der Waals surface area contributed by atoms with Gasteiger partial charge in [0.25, 0.3) is 5.91 Å². The third-order valence-electron chi connectivity index (χ3n) is 4.40. The maximum atomic E-state index is 12.4. The zero-order valence-electron chi connectivity index (χ0n) is 15.6. The summed E-state index contributed by atoms with van der Waals surface area (Å²) < 4.78 is 16.1. The topological polar surface area (TPSA) is 111 Å². The van der Waals surface area contributed by atoms with Crippen molar-refractivity contribution in [2.45, 2.75) is 32.3 Å². The number of esters is 1. The molecule has 0 bridgehead atoms. The molecule has 3 rings (SSSR count). The Morgan fingerprint density at radius 1 is 1.18 bits per heavy atom. The first-order chi connectivity index (χ1) is 13.5. The quantitative estimate of drug-likeness (QED) is 0.575. The second kappa shape index (κ2) is 8.73. The number of nitrogens with one attached hydrogen (secondary N) is 1. The molecule has 2 aliphatic rings. The van der Waals surface area contributed by atoms with E-state index in [1.165, 1.54) is 6.92 Å². The normalized spacial score (nSPS) is 16.8. The number of urea groups is 1. The van der Waals surface area contributed by atoms with E-state index in [0.717, 1.165) is 11.3 Å². The lowest BCUT2D eigenvalue weighted by molar-refractivity contribution is -0.157. The third-order valence-corrected chi connectivity index (χ3v) is 4.40. The summed E-state index contributed by atoms with van der Waals surface area (Å²) >= 11 is 0. The van der Waals surface area contributed by atoms with Crippen molar-refractivity contribution in [1.29, 1.82) is 0 Å². The van der Waals surface area contributed by atoms with Crippen molar-refractivity contribution in [3.8, 4) is 11.5 Å². The highest BCUT2D eigenvalue weighted by atomic mass is 16.5. The van der Waals surface area contributed by atoms with Crippen LogP contribution in [0.1, 0.15) is 36.5 Å². The molecule has 1 aromatic carbocycles. The zero-order valence-corrected chi connectivity index (χ0v) is 15.6. The van der Waals surface area contributed by atoms with Gasteiger partial charge in [-0.25, -0.2) is 4.79 Å². The van der Waals surface area contributed by atoms with E-state index >= 15 is 0 Å². The van der Waals surface area contributed by atoms with E-state index in [4.69, 9.17) is 14.2 Å². The van der Waals surface area contributed by atoms with E-state index < -0.39 is 24.0 Å². The van der Waals surface area contributed by atoms with Crippen LogP contribution in [0.4, 0.5) is 4.79 Å². The number of Topliss-reactive ketones (excluding diaryl/α,β-unsaturated/α-hetero) is 1. The molecule has 0 spiro atoms. The molecule has 28 heavy (non-hydrogen) atoms. The molecule has 0 radical (unpaired) electrons. The predicted octanol–water partition coefficient (Wildman–Crippen LogP) is 1.29. The molecule has 1 fully saturated rings. The van der Waals surface area contributed by atoms with Gasteiger partial charge in [-0.1, -0.05) is 0 Å². The second-order valence-corrected chi connectivity index (χ2v) is 6.49. The fourth-order valence-corrected chi connectivity index (χ4v) is 2.90. The van der Waals surface area contributed by atoms with Crippen LogP contribution in [0.15, 0.2) is 18.2 Å². The first-order valence-electron chi connectivity index (χ1n) is 9.17. The van der Waals surface area contributed by atoms with Gasteiger partial charge in [-0.3, -0.25) is 19.3 Å². The first-order valence-corrected chi connectivity index (χ1v) is 9.17. The average molecular weight is 390 g/mol. The number of hydrogen-bond donors (Lipinski definition) is 1. The predicted molar refractivity (Wildman–Crippen MR) is 96.3 cm³/mol. The molecular weight excluding hydrogens is 368 g/mol. The van der Waals surface area contributed by atoms with Gasteiger partial charge < -0.3 is 19.5 Å². The van der Waals surface area contributed by atoms with Gasteiger partial charge >= 0.3 is 12.0 Å². The van der Waals surface area contributed by atoms with E-state index in [2.05, 4.69) is 5.32 Å². The molecule has 1 N–H and O–H groups in total. The largest absolute Gasteiger partial charge is 0.490 e. The number of fused-ring (bicyclic) bond motifs is 1. The first kappa shape index (κ1) is 19.7. The summed E-state index contributed by atoms with van der Waals surface area (Å²) in [6.45, 7) is 3.08. The Morgan fingerprint density at radius 3 is 2.64 bits per heavy atom. The van der Waals surface area contributed by atoms with Crippen LogP contribution in [0.25, 0.3) is 0 Å². The van der Waals surface area contributed by atoms with E-state index in [0.29, 0.717) is 36.8 Å². The van der Waals surface area contributed by atoms with E-state index in [9.17, 15) is 19.2 Å². The summed E-state index contributed by atoms with van der Waals surface area (Å²) in [4.78, 5) is 48.9. The van der Waals surface area contributed by atoms with Gasteiger partial charge in [-0.2, -0.15) is 0 Å². The smallest absolute Gasteiger partial charge is 0.324 e. The number of nitrogens with zero attached hydrogens (tertiary/aromatic N) is 1. The van der Waals surface area contributed by atoms with E-state index in [-0.39, 0.29) is 25.2 Å². The minimum absolute atomic E-state index is 0.0659. The Bertz CT molecular complexity index is 792. The van der Waals surface area contributed by atoms with Gasteiger partial charge in [-0.05, 0) is 25.1 Å². The Hall–Kier alpha value is -3.10. The molecule has 2 aliphatic heterocycles. The van der Waals surface area contributed by atoms with Crippen LogP contribution >= 0.6 is 0 Å². The molecule has 9 heteroatoms. The summed E-state index contributed by atoms with van der Waals surface area (Å²) in [6, 6.07) is 4.40. The lowest BCUT2D eigenvalue weighted by Crippen LogP contribution is -2.41. The molecule has 1 aromatic rings. The molecule has 0 saturated carbocycles. The average Bonchev–Trinajstić information content (AvgIpc) is 2.97. The lowest BCUT2D eigenvalue weighted by Gasteiger charge is -2.18. The highest BCUT2D eigenvalue weighted by Crippen LogP contribution is 2.30. The number of hydrogen-bond acceptors (Lipinski definition) is 7. The summed E-state index contributed by atoms with van der Waals surface area (Å²) in [7, 11) is 0. The molecular formula is C19H22N2O7. The van der Waals surface area contributed by atoms with Gasteiger partial charge in [-0.15, -0.1) is 0 Å². The number of carbonyl (C=O) groups excluding carboxylic acids is 4. The van der Waals surface area contributed by atoms with Crippen LogP contribution in [0.3, 0.4) is 0 Å². The SMILES string of the molecule is C[C@@H](OC(=O)CCC(=O)c1ccc2c(c1)OCCCO2)C(=O)N1CCNC1=O. The number of carbonyl (C=O) groups is 4. The van der Waals surface area contributed by atoms with Gasteiger partial charge in [0.05, 0.1) is 19.6 Å². The summed E-state index contributed by atoms with van der Waals surface area (Å²) in [5.74, 6) is -0.410. The lowest BCUT2D eigenvalue weighted by atomic mass is 10.1. The number of ketones is 1. The summed E-state index contributed by atoms with van der Waals surface area (Å²) in [5, 5.41) is 2.50. The number of imide groups is 1. The maximum absolute atomic E-state index is 12.4. The molecule has 2 heterocycles. The van der Waals surface area contributed by atoms with E-state index in [1.807, 2.05) is 0 Å². The zero-order chi connectivity index (χ0) is 20.1. The van der Waals surface area contributed by atoms with Crippen LogP contribution in [-0.2, 0) is 14.3 Å². The van der Waals surface area contributed by atoms with Crippen LogP contribution < -0.4 is 14.8 Å². The van der Waals surface area contributed by atoms with Crippen molar-refractivity contribution in [3.05, 3.63) is 23.8 Å². The fourth-order valence-electron chi connectivity index (χ4n) is 2.90. The number of ether oxygens (including phenoxy) is 3. The highest BCUT2D eigenvalue weighted by Gasteiger charge is 2.31. The van der Waals surface area contributed by atoms with Crippen LogP contribution in [0, 0.1) is 0 Å². The van der Waals surface area contributed by atoms with Crippen LogP contribution in [0.2, 0.25) is 0 Å². The number of amides is 3. The van der Waals surface area contributed by atoms with Gasteiger partial charge in [0, 0.05) is 31.5 Å². The standard InChI is InChI=1S/C19H22N2O7/c1-12(18(24)21-8-7-20-19(21)25)28-17(23)6-4-14(22)13-3-5-15-16(11-13)27-10-2-9-26-15/h3,5,11-12H,2,4,6-10H2,1H3,(H,20,25)/t12-/m1/s1. The van der Waals surface area contributed by atoms with Crippen LogP contribution in [0.5, 0.6) is 11.5 Å². The van der Waals surface area contributed by atoms with Crippen molar-refractivity contribution < 1.29 is 33.4 Å². The molecule has 1 atom stereocenters.